The number of benzene rings is 2. The predicted molar refractivity (Wildman–Crippen MR) is 101 cm³/mol. The van der Waals surface area contributed by atoms with Gasteiger partial charge in [0, 0.05) is 10.9 Å². The SMILES string of the molecule is CCOc1ccc(OCCOC(=O)c2oc3ccc(OC)cc3c2C)cc1. The molecular formula is C21H22O6. The Bertz CT molecular complexity index is 910. The summed E-state index contributed by atoms with van der Waals surface area (Å²) in [4.78, 5) is 12.3. The van der Waals surface area contributed by atoms with Crippen LogP contribution in [0.3, 0.4) is 0 Å². The normalized spacial score (nSPS) is 10.6. The van der Waals surface area contributed by atoms with Crippen molar-refractivity contribution < 1.29 is 28.2 Å². The molecule has 0 aliphatic heterocycles. The first-order valence-electron chi connectivity index (χ1n) is 8.72. The van der Waals surface area contributed by atoms with Crippen LogP contribution in [0.25, 0.3) is 11.0 Å². The van der Waals surface area contributed by atoms with Gasteiger partial charge >= 0.3 is 5.97 Å². The van der Waals surface area contributed by atoms with E-state index in [0.29, 0.717) is 23.7 Å². The summed E-state index contributed by atoms with van der Waals surface area (Å²) >= 11 is 0. The lowest BCUT2D eigenvalue weighted by Crippen LogP contribution is -2.12. The van der Waals surface area contributed by atoms with Gasteiger partial charge in [0.2, 0.25) is 5.76 Å². The molecule has 3 aromatic rings. The molecule has 0 bridgehead atoms. The zero-order valence-corrected chi connectivity index (χ0v) is 15.6. The molecule has 142 valence electrons. The van der Waals surface area contributed by atoms with Gasteiger partial charge in [-0.05, 0) is 56.3 Å². The summed E-state index contributed by atoms with van der Waals surface area (Å²) in [6.07, 6.45) is 0. The summed E-state index contributed by atoms with van der Waals surface area (Å²) in [5, 5.41) is 0.826. The minimum Gasteiger partial charge on any atom is -0.497 e. The fraction of sp³-hybridized carbons (Fsp3) is 0.286. The number of rotatable bonds is 8. The van der Waals surface area contributed by atoms with Gasteiger partial charge in [-0.25, -0.2) is 4.79 Å². The van der Waals surface area contributed by atoms with E-state index in [1.807, 2.05) is 44.2 Å². The van der Waals surface area contributed by atoms with Crippen LogP contribution in [0.2, 0.25) is 0 Å². The molecule has 0 amide bonds. The molecule has 6 nitrogen and oxygen atoms in total. The average Bonchev–Trinajstić information content (AvgIpc) is 3.02. The van der Waals surface area contributed by atoms with Gasteiger partial charge in [0.05, 0.1) is 13.7 Å². The third-order valence-electron chi connectivity index (χ3n) is 4.05. The van der Waals surface area contributed by atoms with Gasteiger partial charge in [0.1, 0.15) is 36.0 Å². The zero-order chi connectivity index (χ0) is 19.2. The monoisotopic (exact) mass is 370 g/mol. The maximum atomic E-state index is 12.3. The Labute approximate surface area is 157 Å². The van der Waals surface area contributed by atoms with Crippen molar-refractivity contribution in [2.75, 3.05) is 26.9 Å². The summed E-state index contributed by atoms with van der Waals surface area (Å²) in [7, 11) is 1.59. The number of carbonyl (C=O) groups excluding carboxylic acids is 1. The molecule has 6 heteroatoms. The van der Waals surface area contributed by atoms with Crippen LogP contribution < -0.4 is 14.2 Å². The zero-order valence-electron chi connectivity index (χ0n) is 15.6. The van der Waals surface area contributed by atoms with E-state index in [1.165, 1.54) is 0 Å². The molecule has 0 saturated heterocycles. The Hall–Kier alpha value is -3.15. The molecule has 0 atom stereocenters. The standard InChI is InChI=1S/C21H22O6/c1-4-24-15-5-7-16(8-6-15)25-11-12-26-21(22)20-14(2)18-13-17(23-3)9-10-19(18)27-20/h5-10,13H,4,11-12H2,1-3H3. The fourth-order valence-corrected chi connectivity index (χ4v) is 2.68. The van der Waals surface area contributed by atoms with E-state index in [4.69, 9.17) is 23.4 Å². The summed E-state index contributed by atoms with van der Waals surface area (Å²) in [5.74, 6) is 1.85. The molecule has 1 aromatic heterocycles. The largest absolute Gasteiger partial charge is 0.497 e. The Kier molecular flexibility index (Phi) is 5.86. The topological polar surface area (TPSA) is 67.1 Å². The van der Waals surface area contributed by atoms with Crippen LogP contribution in [0.15, 0.2) is 46.9 Å². The molecule has 0 radical (unpaired) electrons. The van der Waals surface area contributed by atoms with E-state index < -0.39 is 5.97 Å². The second-order valence-corrected chi connectivity index (χ2v) is 5.81. The molecule has 0 spiro atoms. The van der Waals surface area contributed by atoms with Crippen molar-refractivity contribution in [1.82, 2.24) is 0 Å². The Balaban J connectivity index is 1.55. The first kappa shape index (κ1) is 18.6. The van der Waals surface area contributed by atoms with Gasteiger partial charge < -0.3 is 23.4 Å². The molecule has 0 fully saturated rings. The number of methoxy groups -OCH3 is 1. The summed E-state index contributed by atoms with van der Waals surface area (Å²) in [5.41, 5.74) is 1.34. The van der Waals surface area contributed by atoms with Crippen LogP contribution in [0.4, 0.5) is 0 Å². The number of esters is 1. The van der Waals surface area contributed by atoms with E-state index in [9.17, 15) is 4.79 Å². The summed E-state index contributed by atoms with van der Waals surface area (Å²) in [6, 6.07) is 12.7. The molecule has 0 aliphatic rings. The molecule has 0 aliphatic carbocycles. The van der Waals surface area contributed by atoms with Crippen LogP contribution in [0, 0.1) is 6.92 Å². The minimum atomic E-state index is -0.516. The highest BCUT2D eigenvalue weighted by molar-refractivity contribution is 5.96. The van der Waals surface area contributed by atoms with E-state index in [0.717, 1.165) is 16.7 Å². The van der Waals surface area contributed by atoms with Crippen molar-refractivity contribution >= 4 is 16.9 Å². The average molecular weight is 370 g/mol. The fourth-order valence-electron chi connectivity index (χ4n) is 2.68. The van der Waals surface area contributed by atoms with Gasteiger partial charge in [-0.2, -0.15) is 0 Å². The molecule has 2 aromatic carbocycles. The van der Waals surface area contributed by atoms with Crippen molar-refractivity contribution in [3.63, 3.8) is 0 Å². The molecule has 3 rings (SSSR count). The molecule has 27 heavy (non-hydrogen) atoms. The number of hydrogen-bond acceptors (Lipinski definition) is 6. The number of aryl methyl sites for hydroxylation is 1. The van der Waals surface area contributed by atoms with Crippen LogP contribution in [0.5, 0.6) is 17.2 Å². The molecule has 0 N–H and O–H groups in total. The number of fused-ring (bicyclic) bond motifs is 1. The smallest absolute Gasteiger partial charge is 0.374 e. The Morgan fingerprint density at radius 2 is 1.63 bits per heavy atom. The van der Waals surface area contributed by atoms with Crippen molar-refractivity contribution in [1.29, 1.82) is 0 Å². The highest BCUT2D eigenvalue weighted by Crippen LogP contribution is 2.29. The minimum absolute atomic E-state index is 0.117. The summed E-state index contributed by atoms with van der Waals surface area (Å²) < 4.78 is 27.0. The predicted octanol–water partition coefficient (Wildman–Crippen LogP) is 4.38. The van der Waals surface area contributed by atoms with E-state index in [1.54, 1.807) is 19.2 Å². The molecular weight excluding hydrogens is 348 g/mol. The van der Waals surface area contributed by atoms with Crippen LogP contribution >= 0.6 is 0 Å². The number of furan rings is 1. The van der Waals surface area contributed by atoms with Crippen molar-refractivity contribution in [2.45, 2.75) is 13.8 Å². The summed E-state index contributed by atoms with van der Waals surface area (Å²) in [6.45, 7) is 4.72. The van der Waals surface area contributed by atoms with E-state index in [-0.39, 0.29) is 19.0 Å². The van der Waals surface area contributed by atoms with Crippen LogP contribution in [0.1, 0.15) is 23.0 Å². The number of ether oxygens (including phenoxy) is 4. The van der Waals surface area contributed by atoms with Crippen molar-refractivity contribution in [2.24, 2.45) is 0 Å². The van der Waals surface area contributed by atoms with Gasteiger partial charge in [0.15, 0.2) is 0 Å². The van der Waals surface area contributed by atoms with Crippen LogP contribution in [-0.2, 0) is 4.74 Å². The van der Waals surface area contributed by atoms with E-state index >= 15 is 0 Å². The number of carbonyl (C=O) groups is 1. The second-order valence-electron chi connectivity index (χ2n) is 5.81. The van der Waals surface area contributed by atoms with Gasteiger partial charge in [-0.1, -0.05) is 0 Å². The maximum absolute atomic E-state index is 12.3. The molecule has 1 heterocycles. The highest BCUT2D eigenvalue weighted by Gasteiger charge is 2.19. The lowest BCUT2D eigenvalue weighted by Gasteiger charge is -2.08. The third kappa shape index (κ3) is 4.34. The lowest BCUT2D eigenvalue weighted by atomic mass is 10.1. The van der Waals surface area contributed by atoms with Crippen molar-refractivity contribution in [3.8, 4) is 17.2 Å². The Morgan fingerprint density at radius 3 is 2.30 bits per heavy atom. The maximum Gasteiger partial charge on any atom is 0.374 e. The molecule has 0 unspecified atom stereocenters. The van der Waals surface area contributed by atoms with Crippen LogP contribution in [-0.4, -0.2) is 32.9 Å². The van der Waals surface area contributed by atoms with Gasteiger partial charge in [-0.15, -0.1) is 0 Å². The van der Waals surface area contributed by atoms with Gasteiger partial charge in [0.25, 0.3) is 0 Å². The first-order valence-corrected chi connectivity index (χ1v) is 8.72. The first-order chi connectivity index (χ1) is 13.1. The second kappa shape index (κ2) is 8.49. The quantitative estimate of drug-likeness (QED) is 0.433. The van der Waals surface area contributed by atoms with E-state index in [2.05, 4.69) is 0 Å². The van der Waals surface area contributed by atoms with Crippen molar-refractivity contribution in [3.05, 3.63) is 53.8 Å². The number of hydrogen-bond donors (Lipinski definition) is 0. The third-order valence-corrected chi connectivity index (χ3v) is 4.05. The highest BCUT2D eigenvalue weighted by atomic mass is 16.6. The van der Waals surface area contributed by atoms with Gasteiger partial charge in [-0.3, -0.25) is 0 Å². The lowest BCUT2D eigenvalue weighted by molar-refractivity contribution is 0.0416. The Morgan fingerprint density at radius 1 is 0.963 bits per heavy atom. The molecule has 0 saturated carbocycles.